The summed E-state index contributed by atoms with van der Waals surface area (Å²) in [7, 11) is 0. The highest BCUT2D eigenvalue weighted by atomic mass is 35.5. The highest BCUT2D eigenvalue weighted by molar-refractivity contribution is 5.85. The normalized spacial score (nSPS) is 11.3. The molecule has 4 N–H and O–H groups in total. The van der Waals surface area contributed by atoms with E-state index in [1.165, 1.54) is 0 Å². The van der Waals surface area contributed by atoms with Gasteiger partial charge in [-0.1, -0.05) is 5.21 Å². The lowest BCUT2D eigenvalue weighted by molar-refractivity contribution is 0.523. The summed E-state index contributed by atoms with van der Waals surface area (Å²) in [6, 6.07) is 0.0994. The predicted octanol–water partition coefficient (Wildman–Crippen LogP) is -0.0724. The summed E-state index contributed by atoms with van der Waals surface area (Å²) >= 11 is 0. The smallest absolute Gasteiger partial charge is 0.0962 e. The van der Waals surface area contributed by atoms with Crippen LogP contribution in [0.1, 0.15) is 12.6 Å². The van der Waals surface area contributed by atoms with E-state index in [0.29, 0.717) is 13.1 Å². The van der Waals surface area contributed by atoms with Crippen LogP contribution in [0.4, 0.5) is 0 Å². The van der Waals surface area contributed by atoms with E-state index in [0.717, 1.165) is 5.69 Å². The molecule has 13 heavy (non-hydrogen) atoms. The van der Waals surface area contributed by atoms with Gasteiger partial charge in [0.2, 0.25) is 0 Å². The van der Waals surface area contributed by atoms with E-state index in [1.54, 1.807) is 4.68 Å². The molecule has 0 spiro atoms. The lowest BCUT2D eigenvalue weighted by atomic mass is 10.4. The second kappa shape index (κ2) is 7.08. The van der Waals surface area contributed by atoms with Crippen LogP contribution in [-0.4, -0.2) is 21.0 Å². The molecule has 0 saturated heterocycles. The standard InChI is InChI=1S/C6H13N5.2ClH/c1-5(8)3-11-4-6(2-7)9-10-11;;/h4-5H,2-3,7-8H2,1H3;2*1H/t5-;;/m0../s1. The van der Waals surface area contributed by atoms with Crippen LogP contribution >= 0.6 is 24.8 Å². The van der Waals surface area contributed by atoms with Crippen LogP contribution < -0.4 is 11.5 Å². The molecule has 0 aliphatic rings. The van der Waals surface area contributed by atoms with Crippen LogP contribution in [0.2, 0.25) is 0 Å². The average molecular weight is 228 g/mol. The first-order valence-corrected chi connectivity index (χ1v) is 3.57. The maximum Gasteiger partial charge on any atom is 0.0962 e. The second-order valence-electron chi connectivity index (χ2n) is 2.61. The average Bonchev–Trinajstić information content (AvgIpc) is 2.34. The number of nitrogens with two attached hydrogens (primary N) is 2. The number of nitrogens with zero attached hydrogens (tertiary/aromatic N) is 3. The third-order valence-electron chi connectivity index (χ3n) is 1.27. The fourth-order valence-electron chi connectivity index (χ4n) is 0.816. The Hall–Kier alpha value is -0.360. The van der Waals surface area contributed by atoms with Crippen LogP contribution in [0, 0.1) is 0 Å². The first-order chi connectivity index (χ1) is 5.22. The molecule has 7 heteroatoms. The SMILES string of the molecule is C[C@H](N)Cn1cc(CN)nn1.Cl.Cl. The van der Waals surface area contributed by atoms with Crippen molar-refractivity contribution in [2.75, 3.05) is 0 Å². The van der Waals surface area contributed by atoms with Gasteiger partial charge in [-0.25, -0.2) is 0 Å². The zero-order valence-electron chi connectivity index (χ0n) is 7.38. The van der Waals surface area contributed by atoms with Crippen molar-refractivity contribution in [3.63, 3.8) is 0 Å². The molecule has 0 bridgehead atoms. The van der Waals surface area contributed by atoms with Crippen molar-refractivity contribution < 1.29 is 0 Å². The molecule has 0 fully saturated rings. The first kappa shape index (κ1) is 15.1. The lowest BCUT2D eigenvalue weighted by Crippen LogP contribution is -2.22. The molecule has 0 unspecified atom stereocenters. The third-order valence-corrected chi connectivity index (χ3v) is 1.27. The molecular formula is C6H15Cl2N5. The van der Waals surface area contributed by atoms with Crippen molar-refractivity contribution in [1.82, 2.24) is 15.0 Å². The predicted molar refractivity (Wildman–Crippen MR) is 56.1 cm³/mol. The molecule has 0 aliphatic heterocycles. The minimum absolute atomic E-state index is 0. The number of aromatic nitrogens is 3. The summed E-state index contributed by atoms with van der Waals surface area (Å²) < 4.78 is 1.70. The van der Waals surface area contributed by atoms with Crippen molar-refractivity contribution in [3.8, 4) is 0 Å². The largest absolute Gasteiger partial charge is 0.326 e. The van der Waals surface area contributed by atoms with Crippen LogP contribution in [0.15, 0.2) is 6.20 Å². The maximum absolute atomic E-state index is 5.56. The Morgan fingerprint density at radius 1 is 1.54 bits per heavy atom. The van der Waals surface area contributed by atoms with E-state index in [-0.39, 0.29) is 30.9 Å². The van der Waals surface area contributed by atoms with Gasteiger partial charge in [-0.15, -0.1) is 29.9 Å². The quantitative estimate of drug-likeness (QED) is 0.758. The summed E-state index contributed by atoms with van der Waals surface area (Å²) in [5.74, 6) is 0. The monoisotopic (exact) mass is 227 g/mol. The van der Waals surface area contributed by atoms with Gasteiger partial charge in [0.15, 0.2) is 0 Å². The minimum Gasteiger partial charge on any atom is -0.326 e. The molecular weight excluding hydrogens is 213 g/mol. The van der Waals surface area contributed by atoms with Gasteiger partial charge in [-0.2, -0.15) is 0 Å². The molecule has 0 amide bonds. The topological polar surface area (TPSA) is 82.8 Å². The summed E-state index contributed by atoms with van der Waals surface area (Å²) in [5, 5.41) is 7.65. The summed E-state index contributed by atoms with van der Waals surface area (Å²) in [6.07, 6.45) is 1.81. The van der Waals surface area contributed by atoms with Gasteiger partial charge in [0.25, 0.3) is 0 Å². The molecule has 5 nitrogen and oxygen atoms in total. The van der Waals surface area contributed by atoms with Crippen molar-refractivity contribution in [2.24, 2.45) is 11.5 Å². The Kier molecular flexibility index (Phi) is 8.24. The molecule has 1 atom stereocenters. The van der Waals surface area contributed by atoms with Gasteiger partial charge in [0, 0.05) is 18.8 Å². The first-order valence-electron chi connectivity index (χ1n) is 3.57. The number of rotatable bonds is 3. The maximum atomic E-state index is 5.56. The lowest BCUT2D eigenvalue weighted by Gasteiger charge is -2.01. The van der Waals surface area contributed by atoms with E-state index >= 15 is 0 Å². The van der Waals surface area contributed by atoms with Crippen molar-refractivity contribution >= 4 is 24.8 Å². The second-order valence-corrected chi connectivity index (χ2v) is 2.61. The molecule has 78 valence electrons. The molecule has 0 radical (unpaired) electrons. The zero-order valence-corrected chi connectivity index (χ0v) is 9.01. The van der Waals surface area contributed by atoms with Gasteiger partial charge >= 0.3 is 0 Å². The van der Waals surface area contributed by atoms with Gasteiger partial charge in [-0.3, -0.25) is 4.68 Å². The molecule has 1 heterocycles. The van der Waals surface area contributed by atoms with E-state index in [2.05, 4.69) is 10.3 Å². The van der Waals surface area contributed by atoms with Crippen LogP contribution in [0.5, 0.6) is 0 Å². The van der Waals surface area contributed by atoms with E-state index < -0.39 is 0 Å². The van der Waals surface area contributed by atoms with Gasteiger partial charge < -0.3 is 11.5 Å². The molecule has 1 aromatic heterocycles. The van der Waals surface area contributed by atoms with Crippen LogP contribution in [0.25, 0.3) is 0 Å². The van der Waals surface area contributed by atoms with Crippen LogP contribution in [-0.2, 0) is 13.1 Å². The van der Waals surface area contributed by atoms with Crippen molar-refractivity contribution in [1.29, 1.82) is 0 Å². The fourth-order valence-corrected chi connectivity index (χ4v) is 0.816. The minimum atomic E-state index is 0. The zero-order chi connectivity index (χ0) is 8.27. The Bertz CT molecular complexity index is 225. The summed E-state index contributed by atoms with van der Waals surface area (Å²) in [6.45, 7) is 3.04. The Labute approximate surface area is 89.7 Å². The highest BCUT2D eigenvalue weighted by Crippen LogP contribution is 1.91. The van der Waals surface area contributed by atoms with Gasteiger partial charge in [0.05, 0.1) is 12.2 Å². The Morgan fingerprint density at radius 3 is 2.54 bits per heavy atom. The van der Waals surface area contributed by atoms with E-state index in [4.69, 9.17) is 11.5 Å². The Balaban J connectivity index is 0. The van der Waals surface area contributed by atoms with E-state index in [1.807, 2.05) is 13.1 Å². The molecule has 0 aromatic carbocycles. The summed E-state index contributed by atoms with van der Waals surface area (Å²) in [5.41, 5.74) is 11.7. The van der Waals surface area contributed by atoms with E-state index in [9.17, 15) is 0 Å². The van der Waals surface area contributed by atoms with Crippen molar-refractivity contribution in [3.05, 3.63) is 11.9 Å². The number of halogens is 2. The number of hydrogen-bond donors (Lipinski definition) is 2. The fraction of sp³-hybridized carbons (Fsp3) is 0.667. The summed E-state index contributed by atoms with van der Waals surface area (Å²) in [4.78, 5) is 0. The van der Waals surface area contributed by atoms with Crippen molar-refractivity contribution in [2.45, 2.75) is 26.1 Å². The molecule has 0 saturated carbocycles. The van der Waals surface area contributed by atoms with Crippen LogP contribution in [0.3, 0.4) is 0 Å². The molecule has 0 aliphatic carbocycles. The van der Waals surface area contributed by atoms with Gasteiger partial charge in [0.1, 0.15) is 0 Å². The van der Waals surface area contributed by atoms with Gasteiger partial charge in [-0.05, 0) is 6.92 Å². The highest BCUT2D eigenvalue weighted by Gasteiger charge is 1.99. The third kappa shape index (κ3) is 5.05. The molecule has 1 aromatic rings. The molecule has 1 rings (SSSR count). The Morgan fingerprint density at radius 2 is 2.15 bits per heavy atom. The number of hydrogen-bond acceptors (Lipinski definition) is 4.